The summed E-state index contributed by atoms with van der Waals surface area (Å²) < 4.78 is 10.6. The van der Waals surface area contributed by atoms with Crippen molar-refractivity contribution < 1.29 is 14.3 Å². The van der Waals surface area contributed by atoms with Gasteiger partial charge in [-0.1, -0.05) is 32.9 Å². The topological polar surface area (TPSA) is 35.5 Å². The van der Waals surface area contributed by atoms with E-state index in [0.717, 1.165) is 30.8 Å². The number of rotatable bonds is 8. The van der Waals surface area contributed by atoms with Gasteiger partial charge in [-0.3, -0.25) is 0 Å². The molecule has 0 aromatic heterocycles. The molecule has 1 aromatic rings. The molecular weight excluding hydrogens is 252 g/mol. The lowest BCUT2D eigenvalue weighted by molar-refractivity contribution is -0.137. The van der Waals surface area contributed by atoms with Gasteiger partial charge < -0.3 is 9.47 Å². The molecule has 0 spiro atoms. The predicted molar refractivity (Wildman–Crippen MR) is 81.7 cm³/mol. The van der Waals surface area contributed by atoms with E-state index in [-0.39, 0.29) is 5.97 Å². The van der Waals surface area contributed by atoms with E-state index in [0.29, 0.717) is 12.5 Å². The summed E-state index contributed by atoms with van der Waals surface area (Å²) in [5, 5.41) is 0. The highest BCUT2D eigenvalue weighted by molar-refractivity contribution is 5.87. The third-order valence-corrected chi connectivity index (χ3v) is 2.70. The Bertz CT molecular complexity index is 418. The summed E-state index contributed by atoms with van der Waals surface area (Å²) in [6.45, 7) is 7.51. The van der Waals surface area contributed by atoms with Crippen LogP contribution in [0.1, 0.15) is 39.2 Å². The van der Waals surface area contributed by atoms with Gasteiger partial charge >= 0.3 is 5.97 Å². The summed E-state index contributed by atoms with van der Waals surface area (Å²) in [5.41, 5.74) is 0.953. The fraction of sp³-hybridized carbons (Fsp3) is 0.471. The summed E-state index contributed by atoms with van der Waals surface area (Å²) in [6.07, 6.45) is 5.08. The van der Waals surface area contributed by atoms with Gasteiger partial charge in [-0.2, -0.15) is 0 Å². The second-order valence-electron chi connectivity index (χ2n) is 5.10. The van der Waals surface area contributed by atoms with Crippen molar-refractivity contribution in [1.82, 2.24) is 0 Å². The number of carbonyl (C=O) groups is 1. The molecule has 0 N–H and O–H groups in total. The van der Waals surface area contributed by atoms with Gasteiger partial charge in [0.2, 0.25) is 0 Å². The van der Waals surface area contributed by atoms with Gasteiger partial charge in [0.25, 0.3) is 0 Å². The van der Waals surface area contributed by atoms with E-state index in [4.69, 9.17) is 9.47 Å². The van der Waals surface area contributed by atoms with Gasteiger partial charge in [0.1, 0.15) is 5.75 Å². The number of ether oxygens (including phenoxy) is 2. The van der Waals surface area contributed by atoms with E-state index < -0.39 is 0 Å². The Labute approximate surface area is 121 Å². The van der Waals surface area contributed by atoms with Crippen molar-refractivity contribution in [3.63, 3.8) is 0 Å². The minimum Gasteiger partial charge on any atom is -0.494 e. The molecule has 0 amide bonds. The Morgan fingerprint density at radius 1 is 1.20 bits per heavy atom. The standard InChI is InChI=1S/C17H24O3/c1-4-12-20-17(18)10-7-15-5-8-16(9-6-15)19-13-11-14(2)3/h5-10,14H,4,11-13H2,1-3H3. The van der Waals surface area contributed by atoms with Gasteiger partial charge in [0.05, 0.1) is 13.2 Å². The predicted octanol–water partition coefficient (Wildman–Crippen LogP) is 4.08. The van der Waals surface area contributed by atoms with Crippen LogP contribution in [0.15, 0.2) is 30.3 Å². The van der Waals surface area contributed by atoms with Gasteiger partial charge in [-0.15, -0.1) is 0 Å². The number of hydrogen-bond donors (Lipinski definition) is 0. The molecule has 110 valence electrons. The first kappa shape index (κ1) is 16.3. The van der Waals surface area contributed by atoms with Crippen LogP contribution in [0.2, 0.25) is 0 Å². The number of carbonyl (C=O) groups excluding carboxylic acids is 1. The van der Waals surface area contributed by atoms with Crippen molar-refractivity contribution in [2.45, 2.75) is 33.6 Å². The van der Waals surface area contributed by atoms with Gasteiger partial charge in [0.15, 0.2) is 0 Å². The molecule has 20 heavy (non-hydrogen) atoms. The summed E-state index contributed by atoms with van der Waals surface area (Å²) in [5.74, 6) is 1.20. The van der Waals surface area contributed by atoms with Crippen LogP contribution in [-0.2, 0) is 9.53 Å². The maximum atomic E-state index is 11.3. The lowest BCUT2D eigenvalue weighted by atomic mass is 10.1. The van der Waals surface area contributed by atoms with E-state index in [1.165, 1.54) is 6.08 Å². The highest BCUT2D eigenvalue weighted by Crippen LogP contribution is 2.14. The number of benzene rings is 1. The van der Waals surface area contributed by atoms with Crippen molar-refractivity contribution in [3.05, 3.63) is 35.9 Å². The monoisotopic (exact) mass is 276 g/mol. The van der Waals surface area contributed by atoms with Gasteiger partial charge in [-0.05, 0) is 42.5 Å². The van der Waals surface area contributed by atoms with E-state index >= 15 is 0 Å². The van der Waals surface area contributed by atoms with Crippen molar-refractivity contribution in [2.24, 2.45) is 5.92 Å². The average Bonchev–Trinajstić information content (AvgIpc) is 2.44. The molecule has 0 saturated heterocycles. The Balaban J connectivity index is 2.41. The molecule has 0 aliphatic carbocycles. The van der Waals surface area contributed by atoms with E-state index in [9.17, 15) is 4.79 Å². The molecule has 0 aliphatic heterocycles. The average molecular weight is 276 g/mol. The molecule has 0 unspecified atom stereocenters. The molecule has 1 aromatic carbocycles. The molecule has 0 radical (unpaired) electrons. The van der Waals surface area contributed by atoms with Crippen LogP contribution >= 0.6 is 0 Å². The van der Waals surface area contributed by atoms with Crippen molar-refractivity contribution in [3.8, 4) is 5.75 Å². The molecule has 0 heterocycles. The zero-order chi connectivity index (χ0) is 14.8. The fourth-order valence-electron chi connectivity index (χ4n) is 1.50. The van der Waals surface area contributed by atoms with Gasteiger partial charge in [-0.25, -0.2) is 4.79 Å². The molecule has 0 aliphatic rings. The van der Waals surface area contributed by atoms with E-state index in [1.807, 2.05) is 31.2 Å². The third-order valence-electron chi connectivity index (χ3n) is 2.70. The van der Waals surface area contributed by atoms with Crippen molar-refractivity contribution in [2.75, 3.05) is 13.2 Å². The molecule has 0 bridgehead atoms. The Hall–Kier alpha value is -1.77. The van der Waals surface area contributed by atoms with E-state index in [1.54, 1.807) is 6.08 Å². The zero-order valence-electron chi connectivity index (χ0n) is 12.6. The fourth-order valence-corrected chi connectivity index (χ4v) is 1.50. The zero-order valence-corrected chi connectivity index (χ0v) is 12.6. The van der Waals surface area contributed by atoms with Crippen molar-refractivity contribution in [1.29, 1.82) is 0 Å². The van der Waals surface area contributed by atoms with Crippen LogP contribution in [-0.4, -0.2) is 19.2 Å². The highest BCUT2D eigenvalue weighted by Gasteiger charge is 1.98. The lowest BCUT2D eigenvalue weighted by Crippen LogP contribution is -2.01. The maximum Gasteiger partial charge on any atom is 0.330 e. The molecule has 3 heteroatoms. The quantitative estimate of drug-likeness (QED) is 0.530. The first-order valence-electron chi connectivity index (χ1n) is 7.19. The molecular formula is C17H24O3. The number of hydrogen-bond acceptors (Lipinski definition) is 3. The Morgan fingerprint density at radius 3 is 2.50 bits per heavy atom. The third kappa shape index (κ3) is 6.98. The second-order valence-corrected chi connectivity index (χ2v) is 5.10. The van der Waals surface area contributed by atoms with Crippen LogP contribution in [0.4, 0.5) is 0 Å². The minimum absolute atomic E-state index is 0.302. The SMILES string of the molecule is CCCOC(=O)C=Cc1ccc(OCCC(C)C)cc1. The Kier molecular flexibility index (Phi) is 7.48. The molecule has 0 atom stereocenters. The second kappa shape index (κ2) is 9.18. The summed E-state index contributed by atoms with van der Waals surface area (Å²) >= 11 is 0. The van der Waals surface area contributed by atoms with Crippen molar-refractivity contribution >= 4 is 12.0 Å². The molecule has 3 nitrogen and oxygen atoms in total. The van der Waals surface area contributed by atoms with Crippen LogP contribution in [0.25, 0.3) is 6.08 Å². The lowest BCUT2D eigenvalue weighted by Gasteiger charge is -2.08. The van der Waals surface area contributed by atoms with Gasteiger partial charge in [0, 0.05) is 6.08 Å². The number of esters is 1. The van der Waals surface area contributed by atoms with Crippen LogP contribution in [0.3, 0.4) is 0 Å². The first-order chi connectivity index (χ1) is 9.61. The normalized spacial score (nSPS) is 11.0. The van der Waals surface area contributed by atoms with Crippen LogP contribution < -0.4 is 4.74 Å². The minimum atomic E-state index is -0.302. The largest absolute Gasteiger partial charge is 0.494 e. The smallest absolute Gasteiger partial charge is 0.330 e. The van der Waals surface area contributed by atoms with Crippen LogP contribution in [0, 0.1) is 5.92 Å². The summed E-state index contributed by atoms with van der Waals surface area (Å²) in [4.78, 5) is 11.3. The molecule has 0 fully saturated rings. The van der Waals surface area contributed by atoms with Crippen LogP contribution in [0.5, 0.6) is 5.75 Å². The molecule has 1 rings (SSSR count). The Morgan fingerprint density at radius 2 is 1.90 bits per heavy atom. The maximum absolute atomic E-state index is 11.3. The summed E-state index contributed by atoms with van der Waals surface area (Å²) in [7, 11) is 0. The highest BCUT2D eigenvalue weighted by atomic mass is 16.5. The van der Waals surface area contributed by atoms with E-state index in [2.05, 4.69) is 13.8 Å². The summed E-state index contributed by atoms with van der Waals surface area (Å²) in [6, 6.07) is 7.68. The first-order valence-corrected chi connectivity index (χ1v) is 7.19. The molecule has 0 saturated carbocycles.